The van der Waals surface area contributed by atoms with Gasteiger partial charge in [-0.2, -0.15) is 0 Å². The molecule has 0 fully saturated rings. The van der Waals surface area contributed by atoms with E-state index in [1.54, 1.807) is 30.5 Å². The fraction of sp³-hybridized carbons (Fsp3) is 0.450. The minimum Gasteiger partial charge on any atom is -0.332 e. The van der Waals surface area contributed by atoms with Crippen LogP contribution in [0.15, 0.2) is 30.3 Å². The molecular formula is C20H25N3O2S. The molecule has 0 bridgehead atoms. The van der Waals surface area contributed by atoms with Gasteiger partial charge in [0.25, 0.3) is 5.91 Å². The minimum absolute atomic E-state index is 0.0104. The second kappa shape index (κ2) is 8.45. The minimum atomic E-state index is -0.215. The average Bonchev–Trinajstić information content (AvgIpc) is 3.03. The standard InChI is InChI=1S/C20H25N3O2S/c1-3-7-14-10-11-16-17(12-14)26-20(21-16)22-18(24)13-23(2)19(25)15-8-5-4-6-9-15/h4-6,8-9,14H,3,7,10-13H2,1-2H3,(H,21,22,24). The molecule has 1 heterocycles. The number of anilines is 1. The number of benzene rings is 1. The molecule has 138 valence electrons. The quantitative estimate of drug-likeness (QED) is 0.841. The van der Waals surface area contributed by atoms with E-state index in [0.29, 0.717) is 10.7 Å². The van der Waals surface area contributed by atoms with E-state index >= 15 is 0 Å². The zero-order chi connectivity index (χ0) is 18.5. The van der Waals surface area contributed by atoms with Crippen LogP contribution in [-0.2, 0) is 17.6 Å². The molecule has 0 spiro atoms. The van der Waals surface area contributed by atoms with E-state index in [0.717, 1.165) is 24.5 Å². The van der Waals surface area contributed by atoms with E-state index in [1.807, 2.05) is 18.2 Å². The number of rotatable bonds is 6. The molecule has 1 N–H and O–H groups in total. The van der Waals surface area contributed by atoms with Gasteiger partial charge in [-0.15, -0.1) is 11.3 Å². The van der Waals surface area contributed by atoms with E-state index in [9.17, 15) is 9.59 Å². The summed E-state index contributed by atoms with van der Waals surface area (Å²) < 4.78 is 0. The van der Waals surface area contributed by atoms with Gasteiger partial charge in [0.05, 0.1) is 12.2 Å². The lowest BCUT2D eigenvalue weighted by Gasteiger charge is -2.19. The highest BCUT2D eigenvalue weighted by atomic mass is 32.1. The van der Waals surface area contributed by atoms with E-state index in [4.69, 9.17) is 0 Å². The summed E-state index contributed by atoms with van der Waals surface area (Å²) in [6, 6.07) is 8.98. The first-order valence-electron chi connectivity index (χ1n) is 9.15. The normalized spacial score (nSPS) is 16.0. The molecule has 2 aromatic rings. The Hall–Kier alpha value is -2.21. The topological polar surface area (TPSA) is 62.3 Å². The summed E-state index contributed by atoms with van der Waals surface area (Å²) in [6.45, 7) is 2.23. The van der Waals surface area contributed by atoms with Gasteiger partial charge in [-0.25, -0.2) is 4.98 Å². The summed E-state index contributed by atoms with van der Waals surface area (Å²) in [5.74, 6) is 0.362. The third kappa shape index (κ3) is 4.49. The van der Waals surface area contributed by atoms with Crippen LogP contribution < -0.4 is 5.32 Å². The second-order valence-electron chi connectivity index (χ2n) is 6.86. The number of thiazole rings is 1. The number of amides is 2. The van der Waals surface area contributed by atoms with E-state index < -0.39 is 0 Å². The highest BCUT2D eigenvalue weighted by molar-refractivity contribution is 7.15. The summed E-state index contributed by atoms with van der Waals surface area (Å²) in [5.41, 5.74) is 1.71. The predicted octanol–water partition coefficient (Wildman–Crippen LogP) is 3.76. The molecule has 6 heteroatoms. The Labute approximate surface area is 158 Å². The Bertz CT molecular complexity index is 773. The van der Waals surface area contributed by atoms with Crippen molar-refractivity contribution < 1.29 is 9.59 Å². The van der Waals surface area contributed by atoms with Crippen molar-refractivity contribution in [1.29, 1.82) is 0 Å². The van der Waals surface area contributed by atoms with Gasteiger partial charge in [-0.3, -0.25) is 9.59 Å². The lowest BCUT2D eigenvalue weighted by molar-refractivity contribution is -0.116. The second-order valence-corrected chi connectivity index (χ2v) is 7.95. The van der Waals surface area contributed by atoms with Crippen LogP contribution in [0.4, 0.5) is 5.13 Å². The van der Waals surface area contributed by atoms with Crippen molar-refractivity contribution in [2.24, 2.45) is 5.92 Å². The fourth-order valence-corrected chi connectivity index (χ4v) is 4.54. The molecule has 2 amide bonds. The van der Waals surface area contributed by atoms with Crippen molar-refractivity contribution in [2.45, 2.75) is 39.0 Å². The van der Waals surface area contributed by atoms with Gasteiger partial charge >= 0.3 is 0 Å². The van der Waals surface area contributed by atoms with Crippen LogP contribution in [0, 0.1) is 5.92 Å². The molecule has 1 unspecified atom stereocenters. The smallest absolute Gasteiger partial charge is 0.254 e. The summed E-state index contributed by atoms with van der Waals surface area (Å²) in [4.78, 5) is 31.9. The van der Waals surface area contributed by atoms with Gasteiger partial charge in [0, 0.05) is 17.5 Å². The Kier molecular flexibility index (Phi) is 6.04. The number of aromatic nitrogens is 1. The predicted molar refractivity (Wildman–Crippen MR) is 105 cm³/mol. The number of hydrogen-bond acceptors (Lipinski definition) is 4. The zero-order valence-corrected chi connectivity index (χ0v) is 16.1. The summed E-state index contributed by atoms with van der Waals surface area (Å²) in [5, 5.41) is 3.51. The van der Waals surface area contributed by atoms with Gasteiger partial charge in [-0.1, -0.05) is 38.0 Å². The number of likely N-dealkylation sites (N-methyl/N-ethyl adjacent to an activating group) is 1. The number of fused-ring (bicyclic) bond motifs is 1. The third-order valence-electron chi connectivity index (χ3n) is 4.73. The highest BCUT2D eigenvalue weighted by Gasteiger charge is 2.23. The molecule has 0 saturated heterocycles. The first kappa shape index (κ1) is 18.6. The van der Waals surface area contributed by atoms with Crippen molar-refractivity contribution >= 4 is 28.3 Å². The van der Waals surface area contributed by atoms with Gasteiger partial charge in [0.15, 0.2) is 5.13 Å². The number of carbonyl (C=O) groups excluding carboxylic acids is 2. The lowest BCUT2D eigenvalue weighted by Crippen LogP contribution is -2.34. The zero-order valence-electron chi connectivity index (χ0n) is 15.3. The fourth-order valence-electron chi connectivity index (χ4n) is 3.40. The van der Waals surface area contributed by atoms with Crippen LogP contribution in [0.5, 0.6) is 0 Å². The van der Waals surface area contributed by atoms with Crippen LogP contribution >= 0.6 is 11.3 Å². The lowest BCUT2D eigenvalue weighted by atomic mass is 9.88. The van der Waals surface area contributed by atoms with E-state index in [-0.39, 0.29) is 18.4 Å². The Morgan fingerprint density at radius 2 is 2.08 bits per heavy atom. The summed E-state index contributed by atoms with van der Waals surface area (Å²) in [6.07, 6.45) is 5.73. The molecule has 1 aromatic heterocycles. The van der Waals surface area contributed by atoms with Crippen LogP contribution in [0.2, 0.25) is 0 Å². The van der Waals surface area contributed by atoms with Crippen LogP contribution in [0.3, 0.4) is 0 Å². The number of aryl methyl sites for hydroxylation is 1. The molecule has 26 heavy (non-hydrogen) atoms. The molecule has 5 nitrogen and oxygen atoms in total. The number of hydrogen-bond donors (Lipinski definition) is 1. The first-order chi connectivity index (χ1) is 12.6. The monoisotopic (exact) mass is 371 g/mol. The number of nitrogens with one attached hydrogen (secondary N) is 1. The maximum Gasteiger partial charge on any atom is 0.254 e. The Balaban J connectivity index is 1.56. The number of carbonyl (C=O) groups is 2. The van der Waals surface area contributed by atoms with Gasteiger partial charge in [-0.05, 0) is 37.3 Å². The molecule has 1 aliphatic carbocycles. The van der Waals surface area contributed by atoms with E-state index in [1.165, 1.54) is 29.0 Å². The van der Waals surface area contributed by atoms with Gasteiger partial charge in [0.2, 0.25) is 5.91 Å². The summed E-state index contributed by atoms with van der Waals surface area (Å²) >= 11 is 1.58. The molecule has 1 aliphatic rings. The Morgan fingerprint density at radius 3 is 2.81 bits per heavy atom. The molecule has 3 rings (SSSR count). The van der Waals surface area contributed by atoms with Crippen molar-refractivity contribution in [3.8, 4) is 0 Å². The maximum absolute atomic E-state index is 12.3. The van der Waals surface area contributed by atoms with Crippen molar-refractivity contribution in [3.05, 3.63) is 46.5 Å². The molecule has 0 aliphatic heterocycles. The maximum atomic E-state index is 12.3. The molecule has 1 aromatic carbocycles. The number of nitrogens with zero attached hydrogens (tertiary/aromatic N) is 2. The average molecular weight is 372 g/mol. The largest absolute Gasteiger partial charge is 0.332 e. The molecular weight excluding hydrogens is 346 g/mol. The summed E-state index contributed by atoms with van der Waals surface area (Å²) in [7, 11) is 1.64. The Morgan fingerprint density at radius 1 is 1.31 bits per heavy atom. The molecule has 1 atom stereocenters. The first-order valence-corrected chi connectivity index (χ1v) is 9.97. The van der Waals surface area contributed by atoms with Crippen molar-refractivity contribution in [1.82, 2.24) is 9.88 Å². The van der Waals surface area contributed by atoms with Crippen LogP contribution in [0.1, 0.15) is 47.1 Å². The van der Waals surface area contributed by atoms with E-state index in [2.05, 4.69) is 17.2 Å². The van der Waals surface area contributed by atoms with Crippen molar-refractivity contribution in [3.63, 3.8) is 0 Å². The van der Waals surface area contributed by atoms with Gasteiger partial charge < -0.3 is 10.2 Å². The van der Waals surface area contributed by atoms with Crippen molar-refractivity contribution in [2.75, 3.05) is 18.9 Å². The van der Waals surface area contributed by atoms with Crippen LogP contribution in [0.25, 0.3) is 0 Å². The SMILES string of the molecule is CCCC1CCc2nc(NC(=O)CN(C)C(=O)c3ccccc3)sc2C1. The molecule has 0 saturated carbocycles. The molecule has 0 radical (unpaired) electrons. The van der Waals surface area contributed by atoms with Gasteiger partial charge in [0.1, 0.15) is 0 Å². The third-order valence-corrected chi connectivity index (χ3v) is 5.77. The highest BCUT2D eigenvalue weighted by Crippen LogP contribution is 2.34. The van der Waals surface area contributed by atoms with Crippen LogP contribution in [-0.4, -0.2) is 35.3 Å².